The molecule has 1 aromatic heterocycles. The summed E-state index contributed by atoms with van der Waals surface area (Å²) in [7, 11) is 1.86. The lowest BCUT2D eigenvalue weighted by Crippen LogP contribution is -2.36. The van der Waals surface area contributed by atoms with Crippen LogP contribution in [0, 0.1) is 6.92 Å². The van der Waals surface area contributed by atoms with E-state index in [1.807, 2.05) is 49.2 Å². The highest BCUT2D eigenvalue weighted by molar-refractivity contribution is 7.09. The van der Waals surface area contributed by atoms with Crippen molar-refractivity contribution in [1.82, 2.24) is 14.7 Å². The summed E-state index contributed by atoms with van der Waals surface area (Å²) in [5, 5.41) is 3.77. The third kappa shape index (κ3) is 5.37. The molecule has 0 spiro atoms. The molecule has 1 N–H and O–H groups in total. The van der Waals surface area contributed by atoms with Crippen LogP contribution < -0.4 is 10.2 Å². The van der Waals surface area contributed by atoms with Gasteiger partial charge in [-0.2, -0.15) is 4.37 Å². The number of anilines is 1. The first kappa shape index (κ1) is 19.0. The monoisotopic (exact) mass is 380 g/mol. The van der Waals surface area contributed by atoms with Crippen molar-refractivity contribution in [2.45, 2.75) is 26.3 Å². The Balaban J connectivity index is 1.55. The van der Waals surface area contributed by atoms with Crippen LogP contribution in [0.2, 0.25) is 0 Å². The summed E-state index contributed by atoms with van der Waals surface area (Å²) < 4.78 is 4.43. The van der Waals surface area contributed by atoms with E-state index in [4.69, 9.17) is 0 Å². The number of amides is 1. The van der Waals surface area contributed by atoms with E-state index in [0.717, 1.165) is 16.5 Å². The van der Waals surface area contributed by atoms with Crippen LogP contribution in [0.5, 0.6) is 0 Å². The number of carbonyl (C=O) groups excluding carboxylic acids is 1. The Kier molecular flexibility index (Phi) is 6.19. The molecule has 0 aliphatic rings. The van der Waals surface area contributed by atoms with Gasteiger partial charge in [0.15, 0.2) is 0 Å². The van der Waals surface area contributed by atoms with E-state index in [1.165, 1.54) is 22.7 Å². The lowest BCUT2D eigenvalue weighted by atomic mass is 10.1. The zero-order valence-corrected chi connectivity index (χ0v) is 16.7. The maximum atomic E-state index is 12.3. The van der Waals surface area contributed by atoms with Crippen LogP contribution in [0.15, 0.2) is 54.6 Å². The number of aromatic nitrogens is 2. The summed E-state index contributed by atoms with van der Waals surface area (Å²) in [5.74, 6) is 0.743. The van der Waals surface area contributed by atoms with Gasteiger partial charge in [-0.25, -0.2) is 4.98 Å². The van der Waals surface area contributed by atoms with Crippen molar-refractivity contribution >= 4 is 22.6 Å². The number of likely N-dealkylation sites (N-methyl/N-ethyl adjacent to an activating group) is 1. The zero-order valence-electron chi connectivity index (χ0n) is 15.8. The fourth-order valence-corrected chi connectivity index (χ4v) is 3.40. The number of aryl methyl sites for hydroxylation is 1. The van der Waals surface area contributed by atoms with Crippen molar-refractivity contribution < 1.29 is 4.79 Å². The van der Waals surface area contributed by atoms with Crippen LogP contribution in [-0.2, 0) is 11.2 Å². The largest absolute Gasteiger partial charge is 0.348 e. The maximum Gasteiger partial charge on any atom is 0.240 e. The van der Waals surface area contributed by atoms with Gasteiger partial charge in [-0.15, -0.1) is 0 Å². The molecule has 5 nitrogen and oxygen atoms in total. The van der Waals surface area contributed by atoms with Crippen molar-refractivity contribution in [2.24, 2.45) is 0 Å². The molecule has 0 radical (unpaired) electrons. The van der Waals surface area contributed by atoms with Gasteiger partial charge in [0.25, 0.3) is 0 Å². The van der Waals surface area contributed by atoms with Crippen LogP contribution >= 0.6 is 11.5 Å². The summed E-state index contributed by atoms with van der Waals surface area (Å²) in [4.78, 5) is 18.8. The van der Waals surface area contributed by atoms with Crippen LogP contribution in [0.4, 0.5) is 5.13 Å². The first-order valence-electron chi connectivity index (χ1n) is 8.95. The molecule has 0 bridgehead atoms. The van der Waals surface area contributed by atoms with E-state index in [1.54, 1.807) is 0 Å². The lowest BCUT2D eigenvalue weighted by molar-refractivity contribution is -0.120. The second-order valence-corrected chi connectivity index (χ2v) is 7.44. The molecule has 140 valence electrons. The van der Waals surface area contributed by atoms with E-state index >= 15 is 0 Å². The Morgan fingerprint density at radius 2 is 1.85 bits per heavy atom. The minimum atomic E-state index is -0.0378. The predicted molar refractivity (Wildman–Crippen MR) is 110 cm³/mol. The standard InChI is InChI=1S/C21H24N4OS/c1-15-9-11-17(12-10-15)13-19-23-21(27-24-19)25(3)14-20(26)22-16(2)18-7-5-4-6-8-18/h4-12,16H,13-14H2,1-3H3,(H,22,26)/t16-/m1/s1. The van der Waals surface area contributed by atoms with Gasteiger partial charge in [-0.05, 0) is 25.0 Å². The second-order valence-electron chi connectivity index (χ2n) is 6.71. The van der Waals surface area contributed by atoms with Gasteiger partial charge >= 0.3 is 0 Å². The molecule has 1 heterocycles. The third-order valence-electron chi connectivity index (χ3n) is 4.32. The van der Waals surface area contributed by atoms with Crippen molar-refractivity contribution in [3.05, 3.63) is 77.1 Å². The molecule has 1 amide bonds. The number of nitrogens with zero attached hydrogens (tertiary/aromatic N) is 3. The van der Waals surface area contributed by atoms with Gasteiger partial charge in [-0.1, -0.05) is 60.2 Å². The van der Waals surface area contributed by atoms with E-state index in [9.17, 15) is 4.79 Å². The topological polar surface area (TPSA) is 58.1 Å². The highest BCUT2D eigenvalue weighted by Crippen LogP contribution is 2.18. The Morgan fingerprint density at radius 3 is 2.56 bits per heavy atom. The molecule has 0 aliphatic carbocycles. The average molecular weight is 381 g/mol. The molecule has 0 saturated heterocycles. The van der Waals surface area contributed by atoms with Gasteiger partial charge in [0.05, 0.1) is 12.6 Å². The predicted octanol–water partition coefficient (Wildman–Crippen LogP) is 3.75. The summed E-state index contributed by atoms with van der Waals surface area (Å²) in [5.41, 5.74) is 3.51. The molecular weight excluding hydrogens is 356 g/mol. The maximum absolute atomic E-state index is 12.3. The number of hydrogen-bond acceptors (Lipinski definition) is 5. The van der Waals surface area contributed by atoms with Crippen molar-refractivity contribution in [2.75, 3.05) is 18.5 Å². The van der Waals surface area contributed by atoms with Crippen molar-refractivity contribution in [3.8, 4) is 0 Å². The Hall–Kier alpha value is -2.73. The normalized spacial score (nSPS) is 11.8. The zero-order chi connectivity index (χ0) is 19.2. The van der Waals surface area contributed by atoms with Gasteiger partial charge in [-0.3, -0.25) is 4.79 Å². The van der Waals surface area contributed by atoms with Crippen LogP contribution in [0.1, 0.15) is 35.5 Å². The molecule has 3 aromatic rings. The van der Waals surface area contributed by atoms with E-state index in [0.29, 0.717) is 6.42 Å². The minimum Gasteiger partial charge on any atom is -0.348 e. The van der Waals surface area contributed by atoms with Gasteiger partial charge in [0.1, 0.15) is 5.82 Å². The summed E-state index contributed by atoms with van der Waals surface area (Å²) in [6.45, 7) is 4.30. The number of hydrogen-bond donors (Lipinski definition) is 1. The number of benzene rings is 2. The van der Waals surface area contributed by atoms with E-state index < -0.39 is 0 Å². The fraction of sp³-hybridized carbons (Fsp3) is 0.286. The molecule has 3 rings (SSSR count). The highest BCUT2D eigenvalue weighted by Gasteiger charge is 2.15. The van der Waals surface area contributed by atoms with Crippen LogP contribution in [0.25, 0.3) is 0 Å². The van der Waals surface area contributed by atoms with Gasteiger partial charge in [0.2, 0.25) is 11.0 Å². The van der Waals surface area contributed by atoms with Crippen molar-refractivity contribution in [3.63, 3.8) is 0 Å². The third-order valence-corrected chi connectivity index (χ3v) is 5.19. The Morgan fingerprint density at radius 1 is 1.15 bits per heavy atom. The average Bonchev–Trinajstić information content (AvgIpc) is 3.13. The van der Waals surface area contributed by atoms with E-state index in [-0.39, 0.29) is 18.5 Å². The quantitative estimate of drug-likeness (QED) is 0.678. The molecule has 1 atom stereocenters. The lowest BCUT2D eigenvalue weighted by Gasteiger charge is -2.18. The number of nitrogens with one attached hydrogen (secondary N) is 1. The second kappa shape index (κ2) is 8.77. The SMILES string of the molecule is Cc1ccc(Cc2nsc(N(C)CC(=O)N[C@H](C)c3ccccc3)n2)cc1. The van der Waals surface area contributed by atoms with E-state index in [2.05, 4.69) is 45.9 Å². The van der Waals surface area contributed by atoms with Crippen LogP contribution in [0.3, 0.4) is 0 Å². The molecule has 27 heavy (non-hydrogen) atoms. The molecule has 0 fully saturated rings. The van der Waals surface area contributed by atoms with Crippen molar-refractivity contribution in [1.29, 1.82) is 0 Å². The van der Waals surface area contributed by atoms with Gasteiger partial charge < -0.3 is 10.2 Å². The summed E-state index contributed by atoms with van der Waals surface area (Å²) in [6, 6.07) is 18.3. The highest BCUT2D eigenvalue weighted by atomic mass is 32.1. The first-order chi connectivity index (χ1) is 13.0. The number of carbonyl (C=O) groups is 1. The Bertz CT molecular complexity index is 877. The summed E-state index contributed by atoms with van der Waals surface area (Å²) in [6.07, 6.45) is 0.696. The van der Waals surface area contributed by atoms with Crippen LogP contribution in [-0.4, -0.2) is 28.9 Å². The molecule has 6 heteroatoms. The summed E-state index contributed by atoms with van der Waals surface area (Å²) >= 11 is 1.32. The van der Waals surface area contributed by atoms with Gasteiger partial charge in [0, 0.05) is 25.0 Å². The number of rotatable bonds is 7. The fourth-order valence-electron chi connectivity index (χ4n) is 2.76. The molecule has 0 unspecified atom stereocenters. The molecular formula is C21H24N4OS. The minimum absolute atomic E-state index is 0.0291. The molecule has 2 aromatic carbocycles. The smallest absolute Gasteiger partial charge is 0.240 e. The first-order valence-corrected chi connectivity index (χ1v) is 9.72. The Labute approximate surface area is 164 Å². The molecule has 0 aliphatic heterocycles. The molecule has 0 saturated carbocycles.